The summed E-state index contributed by atoms with van der Waals surface area (Å²) in [7, 11) is 0. The monoisotopic (exact) mass is 562 g/mol. The fourth-order valence-electron chi connectivity index (χ4n) is 6.45. The molecule has 2 saturated heterocycles. The van der Waals surface area contributed by atoms with Crippen LogP contribution in [0.2, 0.25) is 0 Å². The number of thiazole rings is 1. The smallest absolute Gasteiger partial charge is 0.228 e. The van der Waals surface area contributed by atoms with E-state index in [-0.39, 0.29) is 35.9 Å². The maximum absolute atomic E-state index is 13.4. The third kappa shape index (κ3) is 5.28. The van der Waals surface area contributed by atoms with Crippen molar-refractivity contribution in [3.05, 3.63) is 39.1 Å². The predicted octanol–water partition coefficient (Wildman–Crippen LogP) is 3.43. The molecule has 11 heteroatoms. The lowest BCUT2D eigenvalue weighted by atomic mass is 9.73. The minimum atomic E-state index is -0.259. The van der Waals surface area contributed by atoms with Gasteiger partial charge in [-0.05, 0) is 56.5 Å². The van der Waals surface area contributed by atoms with Gasteiger partial charge in [-0.2, -0.15) is 5.10 Å². The van der Waals surface area contributed by atoms with Crippen molar-refractivity contribution in [2.45, 2.75) is 77.2 Å². The molecule has 10 nitrogen and oxygen atoms in total. The van der Waals surface area contributed by atoms with Gasteiger partial charge in [-0.15, -0.1) is 11.3 Å². The van der Waals surface area contributed by atoms with Gasteiger partial charge in [-0.1, -0.05) is 20.8 Å². The van der Waals surface area contributed by atoms with Crippen LogP contribution in [0, 0.1) is 5.92 Å². The molecular weight excluding hydrogens is 524 g/mol. The van der Waals surface area contributed by atoms with E-state index in [2.05, 4.69) is 50.8 Å². The van der Waals surface area contributed by atoms with Crippen LogP contribution in [0.15, 0.2) is 11.6 Å². The zero-order valence-corrected chi connectivity index (χ0v) is 24.4. The van der Waals surface area contributed by atoms with Crippen molar-refractivity contribution in [1.82, 2.24) is 34.9 Å². The highest BCUT2D eigenvalue weighted by atomic mass is 32.1. The fourth-order valence-corrected chi connectivity index (χ4v) is 7.24. The first-order chi connectivity index (χ1) is 19.2. The summed E-state index contributed by atoms with van der Waals surface area (Å²) in [5, 5.41) is 10.0. The zero-order chi connectivity index (χ0) is 28.0. The first kappa shape index (κ1) is 27.0. The highest BCUT2D eigenvalue weighted by Gasteiger charge is 2.37. The number of likely N-dealkylation sites (tertiary alicyclic amines) is 2. The molecule has 0 bridgehead atoms. The number of aromatic nitrogens is 5. The average Bonchev–Trinajstić information content (AvgIpc) is 3.55. The van der Waals surface area contributed by atoms with Crippen molar-refractivity contribution >= 4 is 29.0 Å². The number of nitrogens with zero attached hydrogens (tertiary/aromatic N) is 6. The van der Waals surface area contributed by atoms with Crippen molar-refractivity contribution in [1.29, 1.82) is 0 Å². The average molecular weight is 563 g/mol. The van der Waals surface area contributed by atoms with E-state index in [1.54, 1.807) is 6.20 Å². The van der Waals surface area contributed by atoms with Crippen LogP contribution in [-0.4, -0.2) is 78.9 Å². The number of anilines is 1. The van der Waals surface area contributed by atoms with Crippen molar-refractivity contribution < 1.29 is 9.59 Å². The molecule has 0 spiro atoms. The van der Waals surface area contributed by atoms with Crippen LogP contribution in [0.25, 0.3) is 11.4 Å². The molecule has 6 rings (SSSR count). The van der Waals surface area contributed by atoms with Gasteiger partial charge in [0.2, 0.25) is 11.9 Å². The van der Waals surface area contributed by atoms with Crippen LogP contribution in [0.3, 0.4) is 0 Å². The van der Waals surface area contributed by atoms with Crippen LogP contribution >= 0.6 is 11.3 Å². The number of nitrogens with one attached hydrogen (secondary N) is 1. The first-order valence-electron chi connectivity index (χ1n) is 14.4. The number of aromatic amines is 1. The summed E-state index contributed by atoms with van der Waals surface area (Å²) in [4.78, 5) is 44.2. The molecule has 2 fully saturated rings. The molecule has 0 unspecified atom stereocenters. The molecule has 1 aliphatic carbocycles. The Morgan fingerprint density at radius 2 is 1.82 bits per heavy atom. The number of H-pyrrole nitrogens is 1. The normalized spacial score (nSPS) is 19.8. The molecule has 2 aliphatic heterocycles. The number of hydrogen-bond donors (Lipinski definition) is 2. The Morgan fingerprint density at radius 3 is 2.58 bits per heavy atom. The van der Waals surface area contributed by atoms with Crippen LogP contribution in [0.1, 0.15) is 78.8 Å². The number of hydrogen-bond acceptors (Lipinski definition) is 9. The van der Waals surface area contributed by atoms with Crippen LogP contribution in [-0.2, 0) is 29.5 Å². The summed E-state index contributed by atoms with van der Waals surface area (Å²) >= 11 is 1.43. The topological polar surface area (TPSA) is 134 Å². The molecule has 3 N–H and O–H groups in total. The number of rotatable bonds is 6. The Labute approximate surface area is 238 Å². The number of carbonyl (C=O) groups is 2. The number of nitrogens with two attached hydrogens (primary N) is 1. The second-order valence-corrected chi connectivity index (χ2v) is 13.3. The third-order valence-corrected chi connectivity index (χ3v) is 9.82. The minimum Gasteiger partial charge on any atom is -0.368 e. The summed E-state index contributed by atoms with van der Waals surface area (Å²) in [6.07, 6.45) is 7.50. The van der Waals surface area contributed by atoms with Gasteiger partial charge in [0.15, 0.2) is 5.78 Å². The number of amides is 1. The molecule has 0 aromatic carbocycles. The molecule has 0 saturated carbocycles. The van der Waals surface area contributed by atoms with Gasteiger partial charge in [-0.25, -0.2) is 15.0 Å². The van der Waals surface area contributed by atoms with Gasteiger partial charge in [0.25, 0.3) is 0 Å². The van der Waals surface area contributed by atoms with Gasteiger partial charge in [0, 0.05) is 41.8 Å². The van der Waals surface area contributed by atoms with E-state index in [0.29, 0.717) is 34.6 Å². The van der Waals surface area contributed by atoms with E-state index in [1.165, 1.54) is 37.3 Å². The maximum Gasteiger partial charge on any atom is 0.228 e. The maximum atomic E-state index is 13.4. The largest absolute Gasteiger partial charge is 0.368 e. The van der Waals surface area contributed by atoms with Gasteiger partial charge in [-0.3, -0.25) is 14.7 Å². The number of piperidine rings is 2. The standard InChI is InChI=1S/C29H38N8O2S/c1-17-4-8-36(9-5-17)19-6-10-37(11-7-19)24(39)12-18-16-40-23(32-18)13-22(38)25-20-14-29(2,3)21-15-31-28(30)33-27(21)26(20)35-34-25/h15-17,19H,4-14H2,1-3H3,(H,34,35)(H2,30,31,33). The van der Waals surface area contributed by atoms with Gasteiger partial charge in [0.05, 0.1) is 18.5 Å². The van der Waals surface area contributed by atoms with Crippen LogP contribution in [0.4, 0.5) is 5.95 Å². The molecule has 5 heterocycles. The molecule has 0 radical (unpaired) electrons. The number of nitrogen functional groups attached to an aromatic ring is 1. The second-order valence-electron chi connectivity index (χ2n) is 12.3. The van der Waals surface area contributed by atoms with Gasteiger partial charge >= 0.3 is 0 Å². The van der Waals surface area contributed by atoms with E-state index in [4.69, 9.17) is 5.73 Å². The van der Waals surface area contributed by atoms with E-state index >= 15 is 0 Å². The molecule has 0 atom stereocenters. The lowest BCUT2D eigenvalue weighted by Crippen LogP contribution is -2.49. The Bertz CT molecular complexity index is 1410. The lowest BCUT2D eigenvalue weighted by Gasteiger charge is -2.41. The second kappa shape index (κ2) is 10.7. The summed E-state index contributed by atoms with van der Waals surface area (Å²) < 4.78 is 0. The summed E-state index contributed by atoms with van der Waals surface area (Å²) in [6, 6.07) is 0.602. The highest BCUT2D eigenvalue weighted by Crippen LogP contribution is 2.42. The van der Waals surface area contributed by atoms with Gasteiger partial charge < -0.3 is 15.5 Å². The first-order valence-corrected chi connectivity index (χ1v) is 15.2. The SMILES string of the molecule is CC1CCN(C2CCN(C(=O)Cc3csc(CC(=O)c4[nH]nc5c4CC(C)(C)c4cnc(N)nc4-5)n3)CC2)CC1. The third-order valence-electron chi connectivity index (χ3n) is 8.92. The molecule has 40 heavy (non-hydrogen) atoms. The van der Waals surface area contributed by atoms with E-state index in [0.717, 1.165) is 48.7 Å². The van der Waals surface area contributed by atoms with Crippen molar-refractivity contribution in [2.75, 3.05) is 31.9 Å². The number of fused-ring (bicyclic) bond motifs is 3. The van der Waals surface area contributed by atoms with Crippen molar-refractivity contribution in [2.24, 2.45) is 5.92 Å². The summed E-state index contributed by atoms with van der Waals surface area (Å²) in [5.74, 6) is 1.07. The number of carbonyl (C=O) groups excluding carboxylic acids is 2. The molecule has 3 aromatic rings. The van der Waals surface area contributed by atoms with Crippen LogP contribution < -0.4 is 5.73 Å². The molecular formula is C29H38N8O2S. The fraction of sp³-hybridized carbons (Fsp3) is 0.586. The van der Waals surface area contributed by atoms with Crippen molar-refractivity contribution in [3.63, 3.8) is 0 Å². The molecule has 1 amide bonds. The van der Waals surface area contributed by atoms with Crippen molar-refractivity contribution in [3.8, 4) is 11.4 Å². The van der Waals surface area contributed by atoms with E-state index in [1.807, 2.05) is 10.3 Å². The predicted molar refractivity (Wildman–Crippen MR) is 154 cm³/mol. The number of ketones is 1. The Kier molecular flexibility index (Phi) is 7.20. The Balaban J connectivity index is 1.06. The Morgan fingerprint density at radius 1 is 1.07 bits per heavy atom. The molecule has 212 valence electrons. The minimum absolute atomic E-state index is 0.0727. The lowest BCUT2D eigenvalue weighted by molar-refractivity contribution is -0.132. The highest BCUT2D eigenvalue weighted by molar-refractivity contribution is 7.09. The number of Topliss-reactive ketones (excluding diaryl/α,β-unsaturated/α-hetero) is 1. The van der Waals surface area contributed by atoms with Crippen LogP contribution in [0.5, 0.6) is 0 Å². The zero-order valence-electron chi connectivity index (χ0n) is 23.6. The summed E-state index contributed by atoms with van der Waals surface area (Å²) in [5.41, 5.74) is 10.00. The summed E-state index contributed by atoms with van der Waals surface area (Å²) in [6.45, 7) is 10.6. The van der Waals surface area contributed by atoms with Gasteiger partial charge in [0.1, 0.15) is 22.1 Å². The van der Waals surface area contributed by atoms with E-state index < -0.39 is 0 Å². The quantitative estimate of drug-likeness (QED) is 0.437. The molecule has 3 aliphatic rings. The Hall–Kier alpha value is -3.18. The van der Waals surface area contributed by atoms with E-state index in [9.17, 15) is 9.59 Å². The molecule has 3 aromatic heterocycles.